The van der Waals surface area contributed by atoms with E-state index >= 15 is 0 Å². The van der Waals surface area contributed by atoms with Crippen LogP contribution in [0.25, 0.3) is 10.9 Å². The Kier molecular flexibility index (Phi) is 6.41. The van der Waals surface area contributed by atoms with Crippen molar-refractivity contribution in [2.45, 2.75) is 30.7 Å². The number of nitrogens with zero attached hydrogens (tertiary/aromatic N) is 3. The highest BCUT2D eigenvalue weighted by Crippen LogP contribution is 2.38. The zero-order valence-electron chi connectivity index (χ0n) is 17.5. The standard InChI is InChI=1S/C22H20F3N5O2S/c1-2-26-20-13-7-3-4-8-14(13)28-21(29-20)33-12-19(32)30-16-10-6-5-9-15(16)27-18(31)11-17(30)22(23,24)25/h3-10,17H,2,11-12H2,1H3,(H,27,31)(H,26,28,29). The van der Waals surface area contributed by atoms with Crippen LogP contribution in [-0.4, -0.2) is 46.3 Å². The Morgan fingerprint density at radius 2 is 1.91 bits per heavy atom. The van der Waals surface area contributed by atoms with E-state index in [0.29, 0.717) is 22.8 Å². The highest BCUT2D eigenvalue weighted by Gasteiger charge is 2.48. The number of anilines is 3. The molecule has 2 heterocycles. The molecule has 4 rings (SSSR count). The van der Waals surface area contributed by atoms with Crippen molar-refractivity contribution in [3.8, 4) is 0 Å². The molecule has 1 aliphatic heterocycles. The van der Waals surface area contributed by atoms with Crippen LogP contribution in [0.3, 0.4) is 0 Å². The zero-order valence-corrected chi connectivity index (χ0v) is 18.3. The van der Waals surface area contributed by atoms with Gasteiger partial charge in [0.25, 0.3) is 0 Å². The molecule has 33 heavy (non-hydrogen) atoms. The number of para-hydroxylation sites is 3. The van der Waals surface area contributed by atoms with Crippen LogP contribution in [-0.2, 0) is 9.59 Å². The van der Waals surface area contributed by atoms with Crippen LogP contribution >= 0.6 is 11.8 Å². The third kappa shape index (κ3) is 4.87. The smallest absolute Gasteiger partial charge is 0.370 e. The first-order valence-electron chi connectivity index (χ1n) is 10.2. The maximum atomic E-state index is 13.9. The highest BCUT2D eigenvalue weighted by atomic mass is 32.2. The van der Waals surface area contributed by atoms with Gasteiger partial charge in [0.15, 0.2) is 5.16 Å². The normalized spacial score (nSPS) is 16.2. The quantitative estimate of drug-likeness (QED) is 0.419. The highest BCUT2D eigenvalue weighted by molar-refractivity contribution is 7.99. The molecule has 0 saturated heterocycles. The molecule has 11 heteroatoms. The van der Waals surface area contributed by atoms with Crippen LogP contribution < -0.4 is 15.5 Å². The summed E-state index contributed by atoms with van der Waals surface area (Å²) in [5, 5.41) is 6.66. The number of fused-ring (bicyclic) bond motifs is 2. The second kappa shape index (κ2) is 9.26. The lowest BCUT2D eigenvalue weighted by atomic mass is 10.1. The van der Waals surface area contributed by atoms with Gasteiger partial charge in [0.1, 0.15) is 11.9 Å². The van der Waals surface area contributed by atoms with Crippen LogP contribution in [0.1, 0.15) is 13.3 Å². The van der Waals surface area contributed by atoms with Crippen molar-refractivity contribution in [3.05, 3.63) is 48.5 Å². The minimum atomic E-state index is -4.78. The number of halogens is 3. The van der Waals surface area contributed by atoms with E-state index in [0.717, 1.165) is 17.1 Å². The van der Waals surface area contributed by atoms with Gasteiger partial charge in [-0.3, -0.25) is 14.5 Å². The van der Waals surface area contributed by atoms with E-state index in [2.05, 4.69) is 20.6 Å². The van der Waals surface area contributed by atoms with Gasteiger partial charge in [0, 0.05) is 11.9 Å². The van der Waals surface area contributed by atoms with Gasteiger partial charge in [-0.1, -0.05) is 36.0 Å². The molecule has 1 atom stereocenters. The first-order valence-corrected chi connectivity index (χ1v) is 11.2. The molecule has 0 radical (unpaired) electrons. The van der Waals surface area contributed by atoms with Crippen molar-refractivity contribution in [2.24, 2.45) is 0 Å². The minimum Gasteiger partial charge on any atom is -0.370 e. The molecular formula is C22H20F3N5O2S. The number of carbonyl (C=O) groups is 2. The van der Waals surface area contributed by atoms with Gasteiger partial charge >= 0.3 is 6.18 Å². The molecular weight excluding hydrogens is 455 g/mol. The third-order valence-corrected chi connectivity index (χ3v) is 5.86. The fraction of sp³-hybridized carbons (Fsp3) is 0.273. The van der Waals surface area contributed by atoms with Gasteiger partial charge in [-0.25, -0.2) is 9.97 Å². The van der Waals surface area contributed by atoms with E-state index in [9.17, 15) is 22.8 Å². The molecule has 2 amide bonds. The van der Waals surface area contributed by atoms with Crippen molar-refractivity contribution >= 4 is 51.7 Å². The van der Waals surface area contributed by atoms with Gasteiger partial charge in [-0.2, -0.15) is 13.2 Å². The summed E-state index contributed by atoms with van der Waals surface area (Å²) in [5.74, 6) is -1.35. The number of amides is 2. The van der Waals surface area contributed by atoms with Crippen LogP contribution in [0.5, 0.6) is 0 Å². The van der Waals surface area contributed by atoms with Crippen molar-refractivity contribution in [1.29, 1.82) is 0 Å². The predicted molar refractivity (Wildman–Crippen MR) is 121 cm³/mol. The maximum Gasteiger partial charge on any atom is 0.409 e. The van der Waals surface area contributed by atoms with Crippen LogP contribution in [0.4, 0.5) is 30.4 Å². The summed E-state index contributed by atoms with van der Waals surface area (Å²) in [6, 6.07) is 11.0. The first kappa shape index (κ1) is 22.8. The average Bonchev–Trinajstić information content (AvgIpc) is 2.93. The Hall–Kier alpha value is -3.34. The summed E-state index contributed by atoms with van der Waals surface area (Å²) in [6.07, 6.45) is -5.67. The summed E-state index contributed by atoms with van der Waals surface area (Å²) in [5.41, 5.74) is 0.814. The van der Waals surface area contributed by atoms with Crippen molar-refractivity contribution in [3.63, 3.8) is 0 Å². The van der Waals surface area contributed by atoms with E-state index < -0.39 is 30.5 Å². The molecule has 1 unspecified atom stereocenters. The van der Waals surface area contributed by atoms with Crippen LogP contribution in [0.15, 0.2) is 53.7 Å². The lowest BCUT2D eigenvalue weighted by molar-refractivity contribution is -0.157. The van der Waals surface area contributed by atoms with Crippen molar-refractivity contribution < 1.29 is 22.8 Å². The largest absolute Gasteiger partial charge is 0.409 e. The molecule has 2 aromatic carbocycles. The number of carbonyl (C=O) groups excluding carboxylic acids is 2. The van der Waals surface area contributed by atoms with Gasteiger partial charge < -0.3 is 10.6 Å². The number of hydrogen-bond acceptors (Lipinski definition) is 6. The van der Waals surface area contributed by atoms with E-state index in [-0.39, 0.29) is 22.3 Å². The van der Waals surface area contributed by atoms with Crippen LogP contribution in [0.2, 0.25) is 0 Å². The number of benzene rings is 2. The molecule has 0 aliphatic carbocycles. The van der Waals surface area contributed by atoms with E-state index in [4.69, 9.17) is 0 Å². The Morgan fingerprint density at radius 3 is 2.67 bits per heavy atom. The second-order valence-corrected chi connectivity index (χ2v) is 8.22. The molecule has 7 nitrogen and oxygen atoms in total. The lowest BCUT2D eigenvalue weighted by Gasteiger charge is -2.31. The number of aromatic nitrogens is 2. The number of thioether (sulfide) groups is 1. The molecule has 2 N–H and O–H groups in total. The lowest BCUT2D eigenvalue weighted by Crippen LogP contribution is -2.50. The van der Waals surface area contributed by atoms with Crippen molar-refractivity contribution in [2.75, 3.05) is 27.8 Å². The number of rotatable bonds is 5. The summed E-state index contributed by atoms with van der Waals surface area (Å²) in [7, 11) is 0. The molecule has 0 saturated carbocycles. The maximum absolute atomic E-state index is 13.9. The number of hydrogen-bond donors (Lipinski definition) is 2. The zero-order chi connectivity index (χ0) is 23.6. The Bertz CT molecular complexity index is 1200. The summed E-state index contributed by atoms with van der Waals surface area (Å²) in [4.78, 5) is 34.7. The second-order valence-electron chi connectivity index (χ2n) is 7.28. The Balaban J connectivity index is 1.65. The van der Waals surface area contributed by atoms with E-state index in [1.807, 2.05) is 25.1 Å². The monoisotopic (exact) mass is 475 g/mol. The van der Waals surface area contributed by atoms with E-state index in [1.54, 1.807) is 12.1 Å². The molecule has 3 aromatic rings. The fourth-order valence-corrected chi connectivity index (χ4v) is 4.32. The van der Waals surface area contributed by atoms with Crippen molar-refractivity contribution in [1.82, 2.24) is 9.97 Å². The predicted octanol–water partition coefficient (Wildman–Crippen LogP) is 4.46. The van der Waals surface area contributed by atoms with Gasteiger partial charge in [-0.15, -0.1) is 0 Å². The third-order valence-electron chi connectivity index (χ3n) is 5.03. The van der Waals surface area contributed by atoms with Crippen LogP contribution in [0, 0.1) is 0 Å². The Labute approximate surface area is 191 Å². The first-order chi connectivity index (χ1) is 15.8. The van der Waals surface area contributed by atoms with E-state index in [1.165, 1.54) is 18.2 Å². The molecule has 0 spiro atoms. The molecule has 1 aromatic heterocycles. The van der Waals surface area contributed by atoms with Gasteiger partial charge in [0.05, 0.1) is 29.1 Å². The summed E-state index contributed by atoms with van der Waals surface area (Å²) in [6.45, 7) is 2.53. The minimum absolute atomic E-state index is 0.00374. The molecule has 0 bridgehead atoms. The van der Waals surface area contributed by atoms with Gasteiger partial charge in [0.2, 0.25) is 11.8 Å². The summed E-state index contributed by atoms with van der Waals surface area (Å²) >= 11 is 0.946. The Morgan fingerprint density at radius 1 is 1.18 bits per heavy atom. The van der Waals surface area contributed by atoms with Gasteiger partial charge in [-0.05, 0) is 31.2 Å². The molecule has 0 fully saturated rings. The SMILES string of the molecule is CCNc1nc(SCC(=O)N2c3ccccc3NC(=O)CC2C(F)(F)F)nc2ccccc12. The average molecular weight is 475 g/mol. The topological polar surface area (TPSA) is 87.2 Å². The molecule has 1 aliphatic rings. The summed E-state index contributed by atoms with van der Waals surface area (Å²) < 4.78 is 41.6. The number of nitrogens with one attached hydrogen (secondary N) is 2. The molecule has 172 valence electrons. The fourth-order valence-electron chi connectivity index (χ4n) is 3.61. The number of alkyl halides is 3.